The Kier molecular flexibility index (Phi) is 21.9. The van der Waals surface area contributed by atoms with Crippen LogP contribution in [-0.4, -0.2) is 350 Å². The largest absolute Gasteiger partial charge is 0.394 e. The van der Waals surface area contributed by atoms with Gasteiger partial charge in [0.25, 0.3) is 0 Å². The standard InChI is InChI=1S/C39H68O33/c40-1-9(42)20(50)31(10(43)2-41)70-38-29(59)23(53)33(15(68-38)7-65-35-26(56)18(48)12(45)4-62-35)72-39-30(60)24(54)32(16(69-39)8-66-36-27(57)19(49)13(46)5-63-36)71-37-28(58)22(52)21(51)14(67-37)6-64-34-25(55)17(47)11(44)3-61-34/h9-60H,1-8H2/t9-,10+,11+,12+,13+,14+,15+,16+,17-,18-,19-,20+,21+,22-,23+,24+,25+,26+,27+,28+,29+,30+,31+,32+,33+,34+,35+,36+,37-,38-,39-/m0/s1. The van der Waals surface area contributed by atoms with E-state index in [2.05, 4.69) is 0 Å². The summed E-state index contributed by atoms with van der Waals surface area (Å²) in [4.78, 5) is 0. The van der Waals surface area contributed by atoms with Gasteiger partial charge in [-0.2, -0.15) is 0 Å². The molecule has 0 bridgehead atoms. The van der Waals surface area contributed by atoms with Gasteiger partial charge in [0.1, 0.15) is 153 Å². The number of ether oxygens (including phenoxy) is 12. The van der Waals surface area contributed by atoms with Crippen LogP contribution in [0, 0.1) is 0 Å². The summed E-state index contributed by atoms with van der Waals surface area (Å²) in [5.41, 5.74) is 0. The van der Waals surface area contributed by atoms with Gasteiger partial charge < -0.3 is 164 Å². The molecule has 6 aliphatic heterocycles. The van der Waals surface area contributed by atoms with E-state index in [9.17, 15) is 107 Å². The first-order valence-corrected chi connectivity index (χ1v) is 22.8. The Morgan fingerprint density at radius 1 is 0.361 bits per heavy atom. The maximum atomic E-state index is 11.7. The second kappa shape index (κ2) is 26.4. The molecule has 6 fully saturated rings. The van der Waals surface area contributed by atoms with E-state index in [1.807, 2.05) is 0 Å². The van der Waals surface area contributed by atoms with Gasteiger partial charge in [-0.1, -0.05) is 0 Å². The maximum absolute atomic E-state index is 11.7. The molecule has 33 nitrogen and oxygen atoms in total. The van der Waals surface area contributed by atoms with Gasteiger partial charge in [-0.3, -0.25) is 0 Å². The fraction of sp³-hybridized carbons (Fsp3) is 1.00. The number of hydrogen-bond donors (Lipinski definition) is 21. The molecule has 0 unspecified atom stereocenters. The smallest absolute Gasteiger partial charge is 0.187 e. The van der Waals surface area contributed by atoms with Crippen molar-refractivity contribution in [2.75, 3.05) is 52.9 Å². The molecule has 0 spiro atoms. The summed E-state index contributed by atoms with van der Waals surface area (Å²) in [6, 6.07) is 0. The second-order valence-electron chi connectivity index (χ2n) is 18.1. The third-order valence-corrected chi connectivity index (χ3v) is 12.9. The molecule has 422 valence electrons. The van der Waals surface area contributed by atoms with E-state index in [0.717, 1.165) is 0 Å². The molecule has 0 aromatic rings. The molecule has 6 rings (SSSR count). The molecule has 0 aliphatic carbocycles. The molecule has 0 radical (unpaired) electrons. The average Bonchev–Trinajstić information content (AvgIpc) is 3.36. The van der Waals surface area contributed by atoms with E-state index in [-0.39, 0.29) is 0 Å². The Labute approximate surface area is 407 Å². The molecule has 6 heterocycles. The summed E-state index contributed by atoms with van der Waals surface area (Å²) >= 11 is 0. The van der Waals surface area contributed by atoms with Crippen molar-refractivity contribution >= 4 is 0 Å². The predicted octanol–water partition coefficient (Wildman–Crippen LogP) is -14.7. The van der Waals surface area contributed by atoms with Crippen LogP contribution in [0.4, 0.5) is 0 Å². The zero-order valence-electron chi connectivity index (χ0n) is 37.8. The number of aliphatic hydroxyl groups excluding tert-OH is 21. The van der Waals surface area contributed by atoms with Gasteiger partial charge >= 0.3 is 0 Å². The van der Waals surface area contributed by atoms with Crippen molar-refractivity contribution in [2.24, 2.45) is 0 Å². The maximum Gasteiger partial charge on any atom is 0.187 e. The SMILES string of the molecule is OC[C@@H](O)[C@@H](O[C@@H]1O[C@H](CO[C@H]2OC[C@@H](O)[C@H](O)[C@H]2O)[C@@H](O[C@@H]2O[C@H](CO[C@H]3OC[C@@H](O)[C@H](O)[C@H]3O)[C@@H](O[C@@H]3O[C@H](CO[C@H]4OC[C@@H](O)[C@H](O)[C@H]4O)[C@@H](O)[C@H](O)[C@H]3O)[C@H](O)[C@H]2O)[C@H](O)[C@H]1O)[C@H](O)[C@@H](O)CO. The van der Waals surface area contributed by atoms with Crippen LogP contribution in [0.5, 0.6) is 0 Å². The first-order valence-electron chi connectivity index (χ1n) is 22.8. The minimum atomic E-state index is -2.32. The first kappa shape index (κ1) is 59.9. The zero-order valence-corrected chi connectivity index (χ0v) is 37.8. The minimum absolute atomic E-state index is 0.477. The Morgan fingerprint density at radius 3 is 1.10 bits per heavy atom. The monoisotopic (exact) mass is 1060 g/mol. The summed E-state index contributed by atoms with van der Waals surface area (Å²) in [6.45, 7) is -6.34. The van der Waals surface area contributed by atoms with Crippen LogP contribution >= 0.6 is 0 Å². The number of aliphatic hydroxyl groups is 21. The van der Waals surface area contributed by atoms with Crippen molar-refractivity contribution < 1.29 is 164 Å². The number of rotatable bonds is 20. The second-order valence-corrected chi connectivity index (χ2v) is 18.1. The highest BCUT2D eigenvalue weighted by Gasteiger charge is 2.56. The highest BCUT2D eigenvalue weighted by molar-refractivity contribution is 4.98. The van der Waals surface area contributed by atoms with E-state index >= 15 is 0 Å². The van der Waals surface area contributed by atoms with E-state index in [1.165, 1.54) is 0 Å². The van der Waals surface area contributed by atoms with Crippen LogP contribution in [-0.2, 0) is 56.8 Å². The molecule has 31 atom stereocenters. The lowest BCUT2D eigenvalue weighted by Crippen LogP contribution is -2.67. The van der Waals surface area contributed by atoms with Crippen LogP contribution in [0.15, 0.2) is 0 Å². The predicted molar refractivity (Wildman–Crippen MR) is 216 cm³/mol. The Balaban J connectivity index is 1.24. The fourth-order valence-electron chi connectivity index (χ4n) is 8.45. The van der Waals surface area contributed by atoms with Crippen molar-refractivity contribution in [2.45, 2.75) is 190 Å². The quantitative estimate of drug-likeness (QED) is 0.0538. The van der Waals surface area contributed by atoms with Crippen molar-refractivity contribution in [1.82, 2.24) is 0 Å². The van der Waals surface area contributed by atoms with Gasteiger partial charge in [-0.25, -0.2) is 0 Å². The number of hydrogen-bond acceptors (Lipinski definition) is 33. The van der Waals surface area contributed by atoms with E-state index in [1.54, 1.807) is 0 Å². The summed E-state index contributed by atoms with van der Waals surface area (Å²) in [7, 11) is 0. The molecular weight excluding hydrogens is 996 g/mol. The van der Waals surface area contributed by atoms with Gasteiger partial charge in [0.15, 0.2) is 37.7 Å². The summed E-state index contributed by atoms with van der Waals surface area (Å²) < 4.78 is 67.1. The van der Waals surface area contributed by atoms with Gasteiger partial charge in [-0.15, -0.1) is 0 Å². The lowest BCUT2D eigenvalue weighted by atomic mass is 9.95. The third kappa shape index (κ3) is 13.5. The molecule has 21 N–H and O–H groups in total. The molecule has 0 aromatic heterocycles. The molecule has 33 heteroatoms. The highest BCUT2D eigenvalue weighted by Crippen LogP contribution is 2.35. The van der Waals surface area contributed by atoms with Crippen LogP contribution < -0.4 is 0 Å². The molecule has 72 heavy (non-hydrogen) atoms. The van der Waals surface area contributed by atoms with Gasteiger partial charge in [0.2, 0.25) is 0 Å². The lowest BCUT2D eigenvalue weighted by Gasteiger charge is -2.49. The fourth-order valence-corrected chi connectivity index (χ4v) is 8.45. The first-order chi connectivity index (χ1) is 34.0. The normalized spacial score (nSPS) is 49.2. The zero-order chi connectivity index (χ0) is 53.0. The van der Waals surface area contributed by atoms with Crippen LogP contribution in [0.3, 0.4) is 0 Å². The van der Waals surface area contributed by atoms with Gasteiger partial charge in [-0.05, 0) is 0 Å². The van der Waals surface area contributed by atoms with Crippen molar-refractivity contribution in [3.05, 3.63) is 0 Å². The molecular formula is C39H68O33. The lowest BCUT2D eigenvalue weighted by molar-refractivity contribution is -0.390. The third-order valence-electron chi connectivity index (χ3n) is 12.9. The van der Waals surface area contributed by atoms with Gasteiger partial charge in [0, 0.05) is 0 Å². The van der Waals surface area contributed by atoms with Crippen molar-refractivity contribution in [1.29, 1.82) is 0 Å². The summed E-state index contributed by atoms with van der Waals surface area (Å²) in [5, 5.41) is 221. The Bertz CT molecular complexity index is 1610. The van der Waals surface area contributed by atoms with Crippen LogP contribution in [0.1, 0.15) is 0 Å². The summed E-state index contributed by atoms with van der Waals surface area (Å²) in [6.07, 6.45) is -59.9. The van der Waals surface area contributed by atoms with E-state index < -0.39 is 243 Å². The topological polar surface area (TPSA) is 536 Å². The molecule has 0 amide bonds. The molecule has 6 aliphatic rings. The summed E-state index contributed by atoms with van der Waals surface area (Å²) in [5.74, 6) is 0. The van der Waals surface area contributed by atoms with Crippen molar-refractivity contribution in [3.63, 3.8) is 0 Å². The molecule has 0 aromatic carbocycles. The Hall–Kier alpha value is -1.32. The van der Waals surface area contributed by atoms with Crippen LogP contribution in [0.2, 0.25) is 0 Å². The minimum Gasteiger partial charge on any atom is -0.394 e. The average molecular weight is 1060 g/mol. The van der Waals surface area contributed by atoms with Crippen molar-refractivity contribution in [3.8, 4) is 0 Å². The van der Waals surface area contributed by atoms with E-state index in [4.69, 9.17) is 56.8 Å². The van der Waals surface area contributed by atoms with E-state index in [0.29, 0.717) is 0 Å². The van der Waals surface area contributed by atoms with Gasteiger partial charge in [0.05, 0.1) is 52.9 Å². The molecule has 6 saturated heterocycles. The van der Waals surface area contributed by atoms with Crippen LogP contribution in [0.25, 0.3) is 0 Å². The Morgan fingerprint density at radius 2 is 0.694 bits per heavy atom. The molecule has 0 saturated carbocycles. The highest BCUT2D eigenvalue weighted by atomic mass is 16.8.